The summed E-state index contributed by atoms with van der Waals surface area (Å²) in [6.07, 6.45) is 0.974. The zero-order chi connectivity index (χ0) is 18.8. The van der Waals surface area contributed by atoms with Crippen LogP contribution in [0.4, 0.5) is 0 Å². The van der Waals surface area contributed by atoms with E-state index in [4.69, 9.17) is 25.8 Å². The van der Waals surface area contributed by atoms with E-state index in [1.807, 2.05) is 6.92 Å². The average molecular weight is 372 g/mol. The third kappa shape index (κ3) is 6.46. The summed E-state index contributed by atoms with van der Waals surface area (Å²) in [6, 6.07) is 2.97. The van der Waals surface area contributed by atoms with Gasteiger partial charge in [0.15, 0.2) is 17.6 Å². The van der Waals surface area contributed by atoms with E-state index in [-0.39, 0.29) is 16.5 Å². The molecule has 0 unspecified atom stereocenters. The molecule has 0 spiro atoms. The van der Waals surface area contributed by atoms with E-state index < -0.39 is 12.1 Å². The summed E-state index contributed by atoms with van der Waals surface area (Å²) in [5.41, 5.74) is 0.201. The zero-order valence-electron chi connectivity index (χ0n) is 15.2. The smallest absolute Gasteiger partial charge is 0.339 e. The molecule has 1 aromatic rings. The average Bonchev–Trinajstić information content (AvgIpc) is 2.57. The summed E-state index contributed by atoms with van der Waals surface area (Å²) in [7, 11) is 0. The zero-order valence-corrected chi connectivity index (χ0v) is 15.9. The lowest BCUT2D eigenvalue weighted by Gasteiger charge is -2.16. The largest absolute Gasteiger partial charge is 0.490 e. The van der Waals surface area contributed by atoms with Gasteiger partial charge in [0.1, 0.15) is 0 Å². The number of hydrogen-bond acceptors (Lipinski definition) is 5. The molecule has 0 aliphatic heterocycles. The Morgan fingerprint density at radius 2 is 1.92 bits per heavy atom. The standard InChI is InChI=1S/C18H26ClNO5/c1-5-8-9-24-16-14(19)10-13(11-15(16)23-7-3)18(22)25-12(4)17(21)20-6-2/h10-12H,5-9H2,1-4H3,(H,20,21)/t12-/m0/s1. The molecule has 1 atom stereocenters. The van der Waals surface area contributed by atoms with Crippen LogP contribution in [-0.2, 0) is 9.53 Å². The van der Waals surface area contributed by atoms with Crippen molar-refractivity contribution >= 4 is 23.5 Å². The second kappa shape index (κ2) is 10.8. The molecule has 0 aromatic heterocycles. The van der Waals surface area contributed by atoms with E-state index >= 15 is 0 Å². The van der Waals surface area contributed by atoms with Crippen molar-refractivity contribution in [3.63, 3.8) is 0 Å². The molecular weight excluding hydrogens is 346 g/mol. The van der Waals surface area contributed by atoms with Gasteiger partial charge in [-0.15, -0.1) is 0 Å². The van der Waals surface area contributed by atoms with Gasteiger partial charge in [0.25, 0.3) is 5.91 Å². The Kier molecular flexibility index (Phi) is 9.13. The normalized spacial score (nSPS) is 11.6. The maximum absolute atomic E-state index is 12.3. The minimum absolute atomic E-state index is 0.201. The molecule has 1 amide bonds. The number of ether oxygens (including phenoxy) is 3. The minimum atomic E-state index is -0.901. The van der Waals surface area contributed by atoms with E-state index in [2.05, 4.69) is 12.2 Å². The second-order valence-electron chi connectivity index (χ2n) is 5.36. The van der Waals surface area contributed by atoms with Crippen LogP contribution in [0.25, 0.3) is 0 Å². The van der Waals surface area contributed by atoms with Crippen molar-refractivity contribution in [1.82, 2.24) is 5.32 Å². The fourth-order valence-corrected chi connectivity index (χ4v) is 2.27. The minimum Gasteiger partial charge on any atom is -0.490 e. The number of carbonyl (C=O) groups is 2. The fraction of sp³-hybridized carbons (Fsp3) is 0.556. The third-order valence-corrected chi connectivity index (χ3v) is 3.57. The summed E-state index contributed by atoms with van der Waals surface area (Å²) in [5, 5.41) is 2.86. The van der Waals surface area contributed by atoms with Crippen LogP contribution >= 0.6 is 11.6 Å². The lowest BCUT2D eigenvalue weighted by Crippen LogP contribution is -2.35. The Morgan fingerprint density at radius 3 is 2.52 bits per heavy atom. The highest BCUT2D eigenvalue weighted by Gasteiger charge is 2.21. The van der Waals surface area contributed by atoms with Gasteiger partial charge in [-0.05, 0) is 39.3 Å². The molecule has 0 aliphatic rings. The maximum Gasteiger partial charge on any atom is 0.339 e. The van der Waals surface area contributed by atoms with Gasteiger partial charge in [-0.1, -0.05) is 24.9 Å². The number of likely N-dealkylation sites (N-methyl/N-ethyl adjacent to an activating group) is 1. The molecule has 0 heterocycles. The Bertz CT molecular complexity index is 591. The molecule has 0 saturated carbocycles. The number of nitrogens with one attached hydrogen (secondary N) is 1. The highest BCUT2D eigenvalue weighted by molar-refractivity contribution is 6.32. The van der Waals surface area contributed by atoms with Crippen LogP contribution in [0.1, 0.15) is 50.9 Å². The van der Waals surface area contributed by atoms with Gasteiger partial charge in [0.05, 0.1) is 23.8 Å². The number of carbonyl (C=O) groups excluding carboxylic acids is 2. The van der Waals surface area contributed by atoms with Gasteiger partial charge in [-0.25, -0.2) is 4.79 Å². The SMILES string of the molecule is CCCCOc1c(Cl)cc(C(=O)O[C@@H](C)C(=O)NCC)cc1OCC. The first-order valence-electron chi connectivity index (χ1n) is 8.52. The summed E-state index contributed by atoms with van der Waals surface area (Å²) >= 11 is 6.25. The summed E-state index contributed by atoms with van der Waals surface area (Å²) in [4.78, 5) is 24.0. The topological polar surface area (TPSA) is 73.9 Å². The Morgan fingerprint density at radius 1 is 1.20 bits per heavy atom. The summed E-state index contributed by atoms with van der Waals surface area (Å²) in [5.74, 6) is -0.220. The molecule has 0 saturated heterocycles. The Labute approximate surface area is 153 Å². The summed E-state index contributed by atoms with van der Waals surface area (Å²) < 4.78 is 16.4. The van der Waals surface area contributed by atoms with E-state index in [9.17, 15) is 9.59 Å². The van der Waals surface area contributed by atoms with Crippen molar-refractivity contribution < 1.29 is 23.8 Å². The fourth-order valence-electron chi connectivity index (χ4n) is 2.01. The van der Waals surface area contributed by atoms with E-state index in [1.54, 1.807) is 6.92 Å². The second-order valence-corrected chi connectivity index (χ2v) is 5.77. The number of halogens is 1. The molecule has 7 heteroatoms. The quantitative estimate of drug-likeness (QED) is 0.502. The van der Waals surface area contributed by atoms with Crippen molar-refractivity contribution in [2.45, 2.75) is 46.6 Å². The monoisotopic (exact) mass is 371 g/mol. The molecule has 140 valence electrons. The molecule has 6 nitrogen and oxygen atoms in total. The lowest BCUT2D eigenvalue weighted by atomic mass is 10.2. The number of hydrogen-bond donors (Lipinski definition) is 1. The van der Waals surface area contributed by atoms with Gasteiger partial charge in [0.2, 0.25) is 0 Å². The predicted molar refractivity (Wildman–Crippen MR) is 96.6 cm³/mol. The van der Waals surface area contributed by atoms with Crippen molar-refractivity contribution in [1.29, 1.82) is 0 Å². The maximum atomic E-state index is 12.3. The number of esters is 1. The van der Waals surface area contributed by atoms with Crippen LogP contribution in [0.3, 0.4) is 0 Å². The van der Waals surface area contributed by atoms with Gasteiger partial charge < -0.3 is 19.5 Å². The van der Waals surface area contributed by atoms with Crippen molar-refractivity contribution in [3.05, 3.63) is 22.7 Å². The first kappa shape index (κ1) is 21.1. The molecule has 0 bridgehead atoms. The first-order valence-corrected chi connectivity index (χ1v) is 8.90. The molecule has 0 radical (unpaired) electrons. The molecule has 0 aliphatic carbocycles. The molecule has 1 N–H and O–H groups in total. The lowest BCUT2D eigenvalue weighted by molar-refractivity contribution is -0.128. The van der Waals surface area contributed by atoms with Gasteiger partial charge in [-0.2, -0.15) is 0 Å². The number of unbranched alkanes of at least 4 members (excludes halogenated alkanes) is 1. The van der Waals surface area contributed by atoms with Gasteiger partial charge >= 0.3 is 5.97 Å². The number of amides is 1. The summed E-state index contributed by atoms with van der Waals surface area (Å²) in [6.45, 7) is 8.55. The highest BCUT2D eigenvalue weighted by atomic mass is 35.5. The molecule has 1 rings (SSSR count). The van der Waals surface area contributed by atoms with Crippen LogP contribution in [0.5, 0.6) is 11.5 Å². The van der Waals surface area contributed by atoms with Crippen LogP contribution in [0.15, 0.2) is 12.1 Å². The molecule has 25 heavy (non-hydrogen) atoms. The Hall–Kier alpha value is -1.95. The molecule has 1 aromatic carbocycles. The number of rotatable bonds is 10. The predicted octanol–water partition coefficient (Wildman–Crippen LogP) is 3.60. The van der Waals surface area contributed by atoms with Crippen LogP contribution in [-0.4, -0.2) is 37.7 Å². The van der Waals surface area contributed by atoms with Crippen molar-refractivity contribution in [3.8, 4) is 11.5 Å². The van der Waals surface area contributed by atoms with Crippen LogP contribution in [0, 0.1) is 0 Å². The third-order valence-electron chi connectivity index (χ3n) is 3.29. The van der Waals surface area contributed by atoms with Crippen LogP contribution in [0.2, 0.25) is 5.02 Å². The molecule has 0 fully saturated rings. The van der Waals surface area contributed by atoms with Crippen molar-refractivity contribution in [2.24, 2.45) is 0 Å². The van der Waals surface area contributed by atoms with E-state index in [0.717, 1.165) is 12.8 Å². The van der Waals surface area contributed by atoms with E-state index in [0.29, 0.717) is 31.3 Å². The van der Waals surface area contributed by atoms with Gasteiger partial charge in [-0.3, -0.25) is 4.79 Å². The van der Waals surface area contributed by atoms with Crippen LogP contribution < -0.4 is 14.8 Å². The highest BCUT2D eigenvalue weighted by Crippen LogP contribution is 2.37. The Balaban J connectivity index is 2.96. The first-order chi connectivity index (χ1) is 11.9. The number of benzene rings is 1. The molecular formula is C18H26ClNO5. The van der Waals surface area contributed by atoms with E-state index in [1.165, 1.54) is 19.1 Å². The van der Waals surface area contributed by atoms with Crippen molar-refractivity contribution in [2.75, 3.05) is 19.8 Å². The van der Waals surface area contributed by atoms with Gasteiger partial charge in [0, 0.05) is 6.54 Å².